The van der Waals surface area contributed by atoms with Crippen LogP contribution in [0.25, 0.3) is 10.9 Å². The number of rotatable bonds is 4. The molecule has 0 fully saturated rings. The molecule has 0 aliphatic carbocycles. The second-order valence-electron chi connectivity index (χ2n) is 3.91. The van der Waals surface area contributed by atoms with Crippen molar-refractivity contribution in [2.45, 2.75) is 19.8 Å². The zero-order valence-electron chi connectivity index (χ0n) is 9.74. The molecule has 0 unspecified atom stereocenters. The zero-order chi connectivity index (χ0) is 12.3. The predicted molar refractivity (Wildman–Crippen MR) is 74.3 cm³/mol. The number of pyridine rings is 1. The van der Waals surface area contributed by atoms with Crippen LogP contribution in [0.2, 0.25) is 0 Å². The molecule has 17 heavy (non-hydrogen) atoms. The summed E-state index contributed by atoms with van der Waals surface area (Å²) in [5.74, 6) is 0.741. The van der Waals surface area contributed by atoms with Crippen molar-refractivity contribution in [2.24, 2.45) is 0 Å². The van der Waals surface area contributed by atoms with E-state index in [4.69, 9.17) is 10.5 Å². The number of hydrogen-bond acceptors (Lipinski definition) is 3. The molecule has 0 saturated carbocycles. The Balaban J connectivity index is 2.43. The van der Waals surface area contributed by atoms with Crippen molar-refractivity contribution in [2.75, 3.05) is 12.3 Å². The van der Waals surface area contributed by atoms with Gasteiger partial charge in [0.15, 0.2) is 5.75 Å². The van der Waals surface area contributed by atoms with Crippen LogP contribution >= 0.6 is 15.9 Å². The van der Waals surface area contributed by atoms with E-state index in [0.29, 0.717) is 12.3 Å². The third kappa shape index (κ3) is 2.69. The topological polar surface area (TPSA) is 48.1 Å². The quantitative estimate of drug-likeness (QED) is 0.874. The van der Waals surface area contributed by atoms with Gasteiger partial charge in [0.25, 0.3) is 0 Å². The third-order valence-electron chi connectivity index (χ3n) is 2.55. The Labute approximate surface area is 109 Å². The average molecular weight is 295 g/mol. The van der Waals surface area contributed by atoms with Gasteiger partial charge in [0, 0.05) is 9.86 Å². The van der Waals surface area contributed by atoms with E-state index in [2.05, 4.69) is 27.8 Å². The van der Waals surface area contributed by atoms with Gasteiger partial charge in [0.2, 0.25) is 0 Å². The Morgan fingerprint density at radius 3 is 3.00 bits per heavy atom. The Morgan fingerprint density at radius 1 is 1.41 bits per heavy atom. The Morgan fingerprint density at radius 2 is 2.24 bits per heavy atom. The summed E-state index contributed by atoms with van der Waals surface area (Å²) in [5, 5.41) is 0.954. The minimum Gasteiger partial charge on any atom is -0.491 e. The van der Waals surface area contributed by atoms with Gasteiger partial charge < -0.3 is 10.5 Å². The molecule has 1 aromatic carbocycles. The van der Waals surface area contributed by atoms with Crippen molar-refractivity contribution in [1.29, 1.82) is 0 Å². The van der Waals surface area contributed by atoms with Crippen LogP contribution < -0.4 is 10.5 Å². The number of anilines is 1. The highest BCUT2D eigenvalue weighted by Crippen LogP contribution is 2.32. The molecule has 2 aromatic rings. The van der Waals surface area contributed by atoms with Gasteiger partial charge in [0.05, 0.1) is 24.0 Å². The molecule has 1 heterocycles. The van der Waals surface area contributed by atoms with E-state index in [9.17, 15) is 0 Å². The first-order valence-corrected chi connectivity index (χ1v) is 6.48. The molecule has 1 aromatic heterocycles. The fourth-order valence-electron chi connectivity index (χ4n) is 1.64. The largest absolute Gasteiger partial charge is 0.491 e. The van der Waals surface area contributed by atoms with Crippen molar-refractivity contribution in [3.63, 3.8) is 0 Å². The summed E-state index contributed by atoms with van der Waals surface area (Å²) < 4.78 is 6.76. The molecule has 0 bridgehead atoms. The SMILES string of the molecule is CCCCOc1c(N)cnc2ccc(Br)cc12. The van der Waals surface area contributed by atoms with Gasteiger partial charge in [0.1, 0.15) is 0 Å². The lowest BCUT2D eigenvalue weighted by molar-refractivity contribution is 0.314. The number of ether oxygens (including phenoxy) is 1. The fourth-order valence-corrected chi connectivity index (χ4v) is 2.00. The average Bonchev–Trinajstić information content (AvgIpc) is 2.32. The van der Waals surface area contributed by atoms with Gasteiger partial charge in [-0.2, -0.15) is 0 Å². The number of fused-ring (bicyclic) bond motifs is 1. The molecule has 2 N–H and O–H groups in total. The number of benzene rings is 1. The molecule has 0 amide bonds. The normalized spacial score (nSPS) is 10.7. The van der Waals surface area contributed by atoms with E-state index < -0.39 is 0 Å². The zero-order valence-corrected chi connectivity index (χ0v) is 11.3. The van der Waals surface area contributed by atoms with Crippen molar-refractivity contribution >= 4 is 32.5 Å². The third-order valence-corrected chi connectivity index (χ3v) is 3.05. The summed E-state index contributed by atoms with van der Waals surface area (Å²) in [6.45, 7) is 2.82. The maximum atomic E-state index is 5.92. The highest BCUT2D eigenvalue weighted by molar-refractivity contribution is 9.10. The standard InChI is InChI=1S/C13H15BrN2O/c1-2-3-6-17-13-10-7-9(14)4-5-12(10)16-8-11(13)15/h4-5,7-8H,2-3,6,15H2,1H3. The number of nitrogen functional groups attached to an aromatic ring is 1. The molecular formula is C13H15BrN2O. The lowest BCUT2D eigenvalue weighted by Gasteiger charge is -2.11. The summed E-state index contributed by atoms with van der Waals surface area (Å²) in [6, 6.07) is 5.90. The van der Waals surface area contributed by atoms with Gasteiger partial charge in [-0.05, 0) is 24.6 Å². The number of aromatic nitrogens is 1. The number of halogens is 1. The molecule has 0 saturated heterocycles. The van der Waals surface area contributed by atoms with Gasteiger partial charge in [-0.3, -0.25) is 4.98 Å². The van der Waals surface area contributed by atoms with Crippen LogP contribution in [0.15, 0.2) is 28.9 Å². The smallest absolute Gasteiger partial charge is 0.153 e. The van der Waals surface area contributed by atoms with Crippen LogP contribution in [0.4, 0.5) is 5.69 Å². The minimum atomic E-state index is 0.590. The molecule has 4 heteroatoms. The van der Waals surface area contributed by atoms with E-state index in [1.807, 2.05) is 18.2 Å². The molecule has 0 radical (unpaired) electrons. The molecule has 0 aliphatic heterocycles. The van der Waals surface area contributed by atoms with E-state index in [1.165, 1.54) is 0 Å². The van der Waals surface area contributed by atoms with E-state index >= 15 is 0 Å². The molecule has 0 atom stereocenters. The summed E-state index contributed by atoms with van der Waals surface area (Å²) >= 11 is 3.45. The summed E-state index contributed by atoms with van der Waals surface area (Å²) in [5.41, 5.74) is 7.40. The lowest BCUT2D eigenvalue weighted by atomic mass is 10.2. The molecule has 2 rings (SSSR count). The summed E-state index contributed by atoms with van der Waals surface area (Å²) in [7, 11) is 0. The van der Waals surface area contributed by atoms with E-state index in [-0.39, 0.29) is 0 Å². The lowest BCUT2D eigenvalue weighted by Crippen LogP contribution is -2.01. The first-order valence-electron chi connectivity index (χ1n) is 5.69. The first-order chi connectivity index (χ1) is 8.22. The maximum absolute atomic E-state index is 5.92. The molecule has 0 aliphatic rings. The molecule has 0 spiro atoms. The second-order valence-corrected chi connectivity index (χ2v) is 4.82. The van der Waals surface area contributed by atoms with Crippen molar-refractivity contribution < 1.29 is 4.74 Å². The predicted octanol–water partition coefficient (Wildman–Crippen LogP) is 3.76. The van der Waals surface area contributed by atoms with Crippen molar-refractivity contribution in [3.8, 4) is 5.75 Å². The Hall–Kier alpha value is -1.29. The minimum absolute atomic E-state index is 0.590. The second kappa shape index (κ2) is 5.36. The monoisotopic (exact) mass is 294 g/mol. The van der Waals surface area contributed by atoms with Crippen LogP contribution in [0.5, 0.6) is 5.75 Å². The Kier molecular flexibility index (Phi) is 3.84. The van der Waals surface area contributed by atoms with Crippen LogP contribution in [-0.2, 0) is 0 Å². The molecular weight excluding hydrogens is 280 g/mol. The fraction of sp³-hybridized carbons (Fsp3) is 0.308. The van der Waals surface area contributed by atoms with Gasteiger partial charge >= 0.3 is 0 Å². The molecule has 3 nitrogen and oxygen atoms in total. The van der Waals surface area contributed by atoms with Gasteiger partial charge in [-0.15, -0.1) is 0 Å². The summed E-state index contributed by atoms with van der Waals surface area (Å²) in [6.07, 6.45) is 3.78. The van der Waals surface area contributed by atoms with Gasteiger partial charge in [-0.25, -0.2) is 0 Å². The number of nitrogens with zero attached hydrogens (tertiary/aromatic N) is 1. The van der Waals surface area contributed by atoms with Crippen LogP contribution in [-0.4, -0.2) is 11.6 Å². The molecule has 90 valence electrons. The maximum Gasteiger partial charge on any atom is 0.153 e. The Bertz CT molecular complexity index is 523. The van der Waals surface area contributed by atoms with E-state index in [1.54, 1.807) is 6.20 Å². The van der Waals surface area contributed by atoms with Crippen molar-refractivity contribution in [1.82, 2.24) is 4.98 Å². The highest BCUT2D eigenvalue weighted by atomic mass is 79.9. The summed E-state index contributed by atoms with van der Waals surface area (Å²) in [4.78, 5) is 4.28. The van der Waals surface area contributed by atoms with Crippen LogP contribution in [0.1, 0.15) is 19.8 Å². The van der Waals surface area contributed by atoms with Crippen molar-refractivity contribution in [3.05, 3.63) is 28.9 Å². The van der Waals surface area contributed by atoms with E-state index in [0.717, 1.165) is 34.0 Å². The number of nitrogens with two attached hydrogens (primary N) is 1. The first kappa shape index (κ1) is 12.2. The highest BCUT2D eigenvalue weighted by Gasteiger charge is 2.08. The van der Waals surface area contributed by atoms with Crippen LogP contribution in [0.3, 0.4) is 0 Å². The number of unbranched alkanes of at least 4 members (excludes halogenated alkanes) is 1. The van der Waals surface area contributed by atoms with Crippen LogP contribution in [0, 0.1) is 0 Å². The number of hydrogen-bond donors (Lipinski definition) is 1. The van der Waals surface area contributed by atoms with Gasteiger partial charge in [-0.1, -0.05) is 29.3 Å².